The third-order valence-electron chi connectivity index (χ3n) is 4.76. The number of hydrogen-bond acceptors (Lipinski definition) is 7. The molecule has 0 aliphatic carbocycles. The minimum absolute atomic E-state index is 0.118. The van der Waals surface area contributed by atoms with Crippen LogP contribution >= 0.6 is 23.1 Å². The van der Waals surface area contributed by atoms with Crippen LogP contribution < -0.4 is 15.8 Å². The van der Waals surface area contributed by atoms with Gasteiger partial charge in [0.1, 0.15) is 4.70 Å². The zero-order chi connectivity index (χ0) is 22.4. The molecule has 1 aromatic carbocycles. The summed E-state index contributed by atoms with van der Waals surface area (Å²) >= 11 is 2.59. The largest absolute Gasteiger partial charge is 0.351 e. The number of anilines is 1. The van der Waals surface area contributed by atoms with E-state index in [2.05, 4.69) is 40.6 Å². The van der Waals surface area contributed by atoms with Crippen molar-refractivity contribution in [3.05, 3.63) is 58.4 Å². The highest BCUT2D eigenvalue weighted by molar-refractivity contribution is 7.99. The summed E-state index contributed by atoms with van der Waals surface area (Å²) in [7, 11) is 0. The molecule has 0 saturated carbocycles. The van der Waals surface area contributed by atoms with E-state index in [0.717, 1.165) is 23.8 Å². The number of aromatic nitrogens is 3. The van der Waals surface area contributed by atoms with E-state index in [1.165, 1.54) is 28.7 Å². The van der Waals surface area contributed by atoms with Crippen molar-refractivity contribution in [1.29, 1.82) is 0 Å². The van der Waals surface area contributed by atoms with Gasteiger partial charge in [0.15, 0.2) is 15.9 Å². The van der Waals surface area contributed by atoms with Crippen LogP contribution in [0, 0.1) is 6.92 Å². The number of aryl methyl sites for hydroxylation is 1. The van der Waals surface area contributed by atoms with Crippen LogP contribution in [0.2, 0.25) is 0 Å². The number of amides is 1. The predicted octanol–water partition coefficient (Wildman–Crippen LogP) is 3.60. The monoisotopic (exact) mass is 457 g/mol. The van der Waals surface area contributed by atoms with Crippen molar-refractivity contribution >= 4 is 44.5 Å². The fraction of sp³-hybridized carbons (Fsp3) is 0.364. The van der Waals surface area contributed by atoms with Crippen LogP contribution in [-0.2, 0) is 17.9 Å². The van der Waals surface area contributed by atoms with Crippen molar-refractivity contribution in [2.24, 2.45) is 0 Å². The zero-order valence-electron chi connectivity index (χ0n) is 18.1. The second kappa shape index (κ2) is 10.6. The Morgan fingerprint density at radius 2 is 1.97 bits per heavy atom. The van der Waals surface area contributed by atoms with Crippen molar-refractivity contribution in [2.75, 3.05) is 23.7 Å². The number of rotatable bonds is 10. The molecule has 0 bridgehead atoms. The van der Waals surface area contributed by atoms with Gasteiger partial charge in [-0.2, -0.15) is 4.98 Å². The number of nitrogens with zero attached hydrogens (tertiary/aromatic N) is 4. The Morgan fingerprint density at radius 1 is 1.26 bits per heavy atom. The number of carbonyl (C=O) groups is 1. The molecule has 3 aromatic rings. The van der Waals surface area contributed by atoms with E-state index in [-0.39, 0.29) is 17.2 Å². The highest BCUT2D eigenvalue weighted by Gasteiger charge is 2.18. The minimum atomic E-state index is -0.150. The zero-order valence-corrected chi connectivity index (χ0v) is 19.7. The van der Waals surface area contributed by atoms with Gasteiger partial charge in [-0.1, -0.05) is 59.0 Å². The van der Waals surface area contributed by atoms with E-state index in [0.29, 0.717) is 28.6 Å². The smallest absolute Gasteiger partial charge is 0.274 e. The molecular formula is C22H27N5O2S2. The molecule has 0 radical (unpaired) electrons. The van der Waals surface area contributed by atoms with Crippen molar-refractivity contribution in [1.82, 2.24) is 19.9 Å². The molecule has 0 aliphatic heterocycles. The van der Waals surface area contributed by atoms with E-state index in [4.69, 9.17) is 0 Å². The molecular weight excluding hydrogens is 430 g/mol. The number of hydrogen-bond donors (Lipinski definition) is 1. The predicted molar refractivity (Wildman–Crippen MR) is 129 cm³/mol. The third-order valence-corrected chi connectivity index (χ3v) is 6.83. The lowest BCUT2D eigenvalue weighted by atomic mass is 10.1. The first-order valence-corrected chi connectivity index (χ1v) is 12.0. The molecule has 0 aliphatic rings. The Balaban J connectivity index is 1.77. The summed E-state index contributed by atoms with van der Waals surface area (Å²) in [5.74, 6) is 0.0424. The Bertz CT molecular complexity index is 1120. The molecule has 164 valence electrons. The number of fused-ring (bicyclic) bond motifs is 1. The summed E-state index contributed by atoms with van der Waals surface area (Å²) in [6, 6.07) is 8.03. The van der Waals surface area contributed by atoms with Crippen LogP contribution in [0.3, 0.4) is 0 Å². The molecule has 2 aromatic heterocycles. The third kappa shape index (κ3) is 5.54. The van der Waals surface area contributed by atoms with Gasteiger partial charge in [-0.15, -0.1) is 6.58 Å². The van der Waals surface area contributed by atoms with Gasteiger partial charge in [0.2, 0.25) is 5.91 Å². The highest BCUT2D eigenvalue weighted by atomic mass is 32.2. The quantitative estimate of drug-likeness (QED) is 0.285. The average molecular weight is 458 g/mol. The van der Waals surface area contributed by atoms with Crippen LogP contribution in [0.15, 0.2) is 46.9 Å². The molecule has 1 N–H and O–H groups in total. The Kier molecular flexibility index (Phi) is 7.86. The molecule has 0 fully saturated rings. The minimum Gasteiger partial charge on any atom is -0.351 e. The molecule has 0 saturated heterocycles. The average Bonchev–Trinajstić information content (AvgIpc) is 3.19. The van der Waals surface area contributed by atoms with Gasteiger partial charge < -0.3 is 10.2 Å². The van der Waals surface area contributed by atoms with E-state index in [1.807, 2.05) is 31.2 Å². The van der Waals surface area contributed by atoms with Gasteiger partial charge in [-0.05, 0) is 26.3 Å². The van der Waals surface area contributed by atoms with Gasteiger partial charge in [0.05, 0.1) is 5.75 Å². The van der Waals surface area contributed by atoms with Gasteiger partial charge in [-0.3, -0.25) is 14.2 Å². The lowest BCUT2D eigenvalue weighted by molar-refractivity contribution is -0.118. The normalized spacial score (nSPS) is 10.9. The van der Waals surface area contributed by atoms with Crippen LogP contribution in [-0.4, -0.2) is 39.3 Å². The van der Waals surface area contributed by atoms with E-state index < -0.39 is 0 Å². The molecule has 0 atom stereocenters. The van der Waals surface area contributed by atoms with Crippen molar-refractivity contribution in [3.8, 4) is 0 Å². The van der Waals surface area contributed by atoms with E-state index in [1.54, 1.807) is 10.6 Å². The van der Waals surface area contributed by atoms with Crippen molar-refractivity contribution in [2.45, 2.75) is 39.0 Å². The Hall–Kier alpha value is -2.65. The molecule has 9 heteroatoms. The van der Waals surface area contributed by atoms with E-state index >= 15 is 0 Å². The lowest BCUT2D eigenvalue weighted by Gasteiger charge is -2.15. The molecule has 31 heavy (non-hydrogen) atoms. The highest BCUT2D eigenvalue weighted by Crippen LogP contribution is 2.27. The number of thiazole rings is 1. The second-order valence-electron chi connectivity index (χ2n) is 6.97. The molecule has 7 nitrogen and oxygen atoms in total. The molecule has 2 heterocycles. The fourth-order valence-corrected chi connectivity index (χ4v) is 4.90. The molecule has 0 spiro atoms. The summed E-state index contributed by atoms with van der Waals surface area (Å²) in [6.45, 7) is 12.3. The number of nitrogens with one attached hydrogen (secondary N) is 1. The topological polar surface area (TPSA) is 80.1 Å². The molecule has 0 unspecified atom stereocenters. The first-order chi connectivity index (χ1) is 15.0. The van der Waals surface area contributed by atoms with Crippen LogP contribution in [0.4, 0.5) is 5.13 Å². The summed E-state index contributed by atoms with van der Waals surface area (Å²) in [6.07, 6.45) is 1.66. The maximum Gasteiger partial charge on any atom is 0.274 e. The molecule has 3 rings (SSSR count). The van der Waals surface area contributed by atoms with Crippen LogP contribution in [0.25, 0.3) is 10.3 Å². The number of allylic oxidation sites excluding steroid dienone is 1. The van der Waals surface area contributed by atoms with Gasteiger partial charge in [-0.25, -0.2) is 4.98 Å². The molecule has 1 amide bonds. The summed E-state index contributed by atoms with van der Waals surface area (Å²) in [4.78, 5) is 36.7. The van der Waals surface area contributed by atoms with Gasteiger partial charge >= 0.3 is 0 Å². The van der Waals surface area contributed by atoms with Crippen molar-refractivity contribution < 1.29 is 4.79 Å². The number of carbonyl (C=O) groups excluding carboxylic acids is 1. The van der Waals surface area contributed by atoms with E-state index in [9.17, 15) is 9.59 Å². The summed E-state index contributed by atoms with van der Waals surface area (Å²) in [5.41, 5.74) is 2.50. The Morgan fingerprint density at radius 3 is 2.61 bits per heavy atom. The second-order valence-corrected chi connectivity index (χ2v) is 8.89. The van der Waals surface area contributed by atoms with Crippen molar-refractivity contribution in [3.63, 3.8) is 0 Å². The fourth-order valence-electron chi connectivity index (χ4n) is 2.99. The van der Waals surface area contributed by atoms with Crippen LogP contribution in [0.1, 0.15) is 25.0 Å². The van der Waals surface area contributed by atoms with Crippen LogP contribution in [0.5, 0.6) is 0 Å². The first-order valence-electron chi connectivity index (χ1n) is 10.2. The lowest BCUT2D eigenvalue weighted by Crippen LogP contribution is -2.26. The maximum atomic E-state index is 13.0. The maximum absolute atomic E-state index is 13.0. The summed E-state index contributed by atoms with van der Waals surface area (Å²) < 4.78 is 2.08. The van der Waals surface area contributed by atoms with Gasteiger partial charge in [0, 0.05) is 26.2 Å². The standard InChI is InChI=1S/C22H27N5O2S2/c1-5-12-27-20(29)18-19(24-21(31-18)26(6-2)7-3)25-22(27)30-14-17(28)23-13-16-10-8-15(4)9-11-16/h5,8-11H,1,6-7,12-14H2,2-4H3,(H,23,28). The summed E-state index contributed by atoms with van der Waals surface area (Å²) in [5, 5.41) is 4.17. The Labute approximate surface area is 190 Å². The number of benzene rings is 1. The van der Waals surface area contributed by atoms with Gasteiger partial charge in [0.25, 0.3) is 5.56 Å². The SMILES string of the molecule is C=CCn1c(SCC(=O)NCc2ccc(C)cc2)nc2nc(N(CC)CC)sc2c1=O. The first kappa shape index (κ1) is 23.0. The number of thioether (sulfide) groups is 1.